The molecule has 0 radical (unpaired) electrons. The maximum Gasteiger partial charge on any atom is 0.324 e. The predicted molar refractivity (Wildman–Crippen MR) is 84.9 cm³/mol. The Balaban J connectivity index is 1.61. The summed E-state index contributed by atoms with van der Waals surface area (Å²) in [5.41, 5.74) is 2.74. The first kappa shape index (κ1) is 14.6. The van der Waals surface area contributed by atoms with Crippen LogP contribution in [0, 0.1) is 5.92 Å². The van der Waals surface area contributed by atoms with Crippen LogP contribution in [0.15, 0.2) is 30.3 Å². The number of hydrogen-bond acceptors (Lipinski definition) is 3. The summed E-state index contributed by atoms with van der Waals surface area (Å²) in [5.74, 6) is 1.78. The van der Waals surface area contributed by atoms with E-state index in [9.17, 15) is 4.79 Å². The first-order chi connectivity index (χ1) is 10.7. The number of ether oxygens (including phenoxy) is 1. The van der Waals surface area contributed by atoms with Crippen molar-refractivity contribution in [3.05, 3.63) is 41.6 Å². The number of methoxy groups -OCH3 is 1. The van der Waals surface area contributed by atoms with Gasteiger partial charge in [0, 0.05) is 36.0 Å². The molecule has 0 bridgehead atoms. The standard InChI is InChI=1S/C16H20N4O2/c1-10-7-12(10)14-8-15(20-19-14)18-16(21)17-13-6-4-3-5-11(13)9-22-2/h3-6,8,10,12H,7,9H2,1-2H3,(H3,17,18,19,20,21)/t10-,12-/m1/s1. The summed E-state index contributed by atoms with van der Waals surface area (Å²) in [7, 11) is 1.63. The van der Waals surface area contributed by atoms with Gasteiger partial charge in [-0.15, -0.1) is 0 Å². The minimum absolute atomic E-state index is 0.314. The van der Waals surface area contributed by atoms with Crippen molar-refractivity contribution in [2.24, 2.45) is 5.92 Å². The summed E-state index contributed by atoms with van der Waals surface area (Å²) in [5, 5.41) is 12.7. The van der Waals surface area contributed by atoms with Crippen molar-refractivity contribution in [3.63, 3.8) is 0 Å². The Morgan fingerprint density at radius 3 is 2.91 bits per heavy atom. The highest BCUT2D eigenvalue weighted by atomic mass is 16.5. The van der Waals surface area contributed by atoms with Gasteiger partial charge in [-0.2, -0.15) is 5.10 Å². The van der Waals surface area contributed by atoms with Gasteiger partial charge in [0.2, 0.25) is 0 Å². The number of urea groups is 1. The Kier molecular flexibility index (Phi) is 4.11. The number of benzene rings is 1. The summed E-state index contributed by atoms with van der Waals surface area (Å²) in [6.45, 7) is 2.65. The Hall–Kier alpha value is -2.34. The molecule has 0 aliphatic heterocycles. The molecule has 6 nitrogen and oxygen atoms in total. The lowest BCUT2D eigenvalue weighted by molar-refractivity contribution is 0.185. The fourth-order valence-electron chi connectivity index (χ4n) is 2.54. The van der Waals surface area contributed by atoms with Gasteiger partial charge in [-0.05, 0) is 18.4 Å². The molecule has 1 heterocycles. The molecule has 0 spiro atoms. The smallest absolute Gasteiger partial charge is 0.324 e. The van der Waals surface area contributed by atoms with Crippen LogP contribution in [0.4, 0.5) is 16.3 Å². The molecule has 2 atom stereocenters. The van der Waals surface area contributed by atoms with Crippen molar-refractivity contribution >= 4 is 17.5 Å². The van der Waals surface area contributed by atoms with E-state index in [1.165, 1.54) is 6.42 Å². The second kappa shape index (κ2) is 6.19. The van der Waals surface area contributed by atoms with Crippen molar-refractivity contribution in [2.75, 3.05) is 17.7 Å². The van der Waals surface area contributed by atoms with Crippen molar-refractivity contribution in [1.29, 1.82) is 0 Å². The number of carbonyl (C=O) groups is 1. The van der Waals surface area contributed by atoms with Gasteiger partial charge in [0.25, 0.3) is 0 Å². The number of anilines is 2. The van der Waals surface area contributed by atoms with Gasteiger partial charge in [0.1, 0.15) is 0 Å². The first-order valence-corrected chi connectivity index (χ1v) is 7.37. The molecule has 6 heteroatoms. The zero-order valence-corrected chi connectivity index (χ0v) is 12.7. The van der Waals surface area contributed by atoms with E-state index in [0.717, 1.165) is 16.9 Å². The third-order valence-corrected chi connectivity index (χ3v) is 3.91. The van der Waals surface area contributed by atoms with Crippen LogP contribution in [0.5, 0.6) is 0 Å². The van der Waals surface area contributed by atoms with Gasteiger partial charge in [-0.25, -0.2) is 4.79 Å². The summed E-state index contributed by atoms with van der Waals surface area (Å²) < 4.78 is 5.13. The van der Waals surface area contributed by atoms with Gasteiger partial charge < -0.3 is 10.1 Å². The third kappa shape index (κ3) is 3.28. The number of amides is 2. The van der Waals surface area contributed by atoms with E-state index in [4.69, 9.17) is 4.74 Å². The lowest BCUT2D eigenvalue weighted by Crippen LogP contribution is -2.20. The maximum absolute atomic E-state index is 12.1. The summed E-state index contributed by atoms with van der Waals surface area (Å²) >= 11 is 0. The minimum Gasteiger partial charge on any atom is -0.380 e. The zero-order chi connectivity index (χ0) is 15.5. The molecule has 116 valence electrons. The van der Waals surface area contributed by atoms with Gasteiger partial charge in [-0.3, -0.25) is 10.4 Å². The first-order valence-electron chi connectivity index (χ1n) is 7.37. The number of H-pyrrole nitrogens is 1. The lowest BCUT2D eigenvalue weighted by Gasteiger charge is -2.10. The molecule has 3 rings (SSSR count). The molecule has 1 aliphatic rings. The summed E-state index contributed by atoms with van der Waals surface area (Å²) in [6.07, 6.45) is 1.18. The summed E-state index contributed by atoms with van der Waals surface area (Å²) in [4.78, 5) is 12.1. The van der Waals surface area contributed by atoms with Gasteiger partial charge >= 0.3 is 6.03 Å². The average molecular weight is 300 g/mol. The van der Waals surface area contributed by atoms with Crippen LogP contribution >= 0.6 is 0 Å². The molecular weight excluding hydrogens is 280 g/mol. The number of aromatic nitrogens is 2. The second-order valence-corrected chi connectivity index (χ2v) is 5.70. The molecule has 0 unspecified atom stereocenters. The van der Waals surface area contributed by atoms with Crippen LogP contribution in [0.25, 0.3) is 0 Å². The van der Waals surface area contributed by atoms with Crippen molar-refractivity contribution in [3.8, 4) is 0 Å². The Morgan fingerprint density at radius 2 is 2.18 bits per heavy atom. The molecular formula is C16H20N4O2. The van der Waals surface area contributed by atoms with Gasteiger partial charge in [0.15, 0.2) is 5.82 Å². The van der Waals surface area contributed by atoms with Crippen molar-refractivity contribution < 1.29 is 9.53 Å². The van der Waals surface area contributed by atoms with Crippen LogP contribution in [0.1, 0.15) is 30.5 Å². The molecule has 3 N–H and O–H groups in total. The number of nitrogens with one attached hydrogen (secondary N) is 3. The minimum atomic E-state index is -0.314. The number of aromatic amines is 1. The molecule has 1 aliphatic carbocycles. The number of para-hydroxylation sites is 1. The molecule has 22 heavy (non-hydrogen) atoms. The molecule has 2 amide bonds. The van der Waals surface area contributed by atoms with Gasteiger partial charge in [-0.1, -0.05) is 25.1 Å². The van der Waals surface area contributed by atoms with E-state index in [2.05, 4.69) is 27.8 Å². The summed E-state index contributed by atoms with van der Waals surface area (Å²) in [6, 6.07) is 9.13. The van der Waals surface area contributed by atoms with E-state index in [-0.39, 0.29) is 6.03 Å². The normalized spacial score (nSPS) is 19.7. The SMILES string of the molecule is COCc1ccccc1NC(=O)Nc1cc([C@@H]2C[C@H]2C)[nH]n1. The third-order valence-electron chi connectivity index (χ3n) is 3.91. The predicted octanol–water partition coefficient (Wildman–Crippen LogP) is 3.32. The zero-order valence-electron chi connectivity index (χ0n) is 12.7. The molecule has 2 aromatic rings. The van der Waals surface area contributed by atoms with E-state index < -0.39 is 0 Å². The quantitative estimate of drug-likeness (QED) is 0.792. The average Bonchev–Trinajstić information content (AvgIpc) is 3.05. The van der Waals surface area contributed by atoms with Crippen LogP contribution in [-0.2, 0) is 11.3 Å². The molecule has 1 aromatic heterocycles. The van der Waals surface area contributed by atoms with Crippen molar-refractivity contribution in [2.45, 2.75) is 25.9 Å². The number of nitrogens with zero attached hydrogens (tertiary/aromatic N) is 1. The second-order valence-electron chi connectivity index (χ2n) is 5.70. The van der Waals surface area contributed by atoms with Crippen LogP contribution in [0.2, 0.25) is 0 Å². The molecule has 1 saturated carbocycles. The highest BCUT2D eigenvalue weighted by molar-refractivity contribution is 5.99. The number of rotatable bonds is 5. The van der Waals surface area contributed by atoms with E-state index >= 15 is 0 Å². The fourth-order valence-corrected chi connectivity index (χ4v) is 2.54. The Bertz CT molecular complexity index is 668. The number of hydrogen-bond donors (Lipinski definition) is 3. The molecule has 1 fully saturated rings. The molecule has 0 saturated heterocycles. The van der Waals surface area contributed by atoms with Crippen LogP contribution in [-0.4, -0.2) is 23.3 Å². The van der Waals surface area contributed by atoms with Gasteiger partial charge in [0.05, 0.1) is 6.61 Å². The largest absolute Gasteiger partial charge is 0.380 e. The van der Waals surface area contributed by atoms with E-state index in [1.807, 2.05) is 30.3 Å². The van der Waals surface area contributed by atoms with Crippen LogP contribution < -0.4 is 10.6 Å². The Labute approximate surface area is 129 Å². The maximum atomic E-state index is 12.1. The Morgan fingerprint density at radius 1 is 1.41 bits per heavy atom. The highest BCUT2D eigenvalue weighted by Gasteiger charge is 2.35. The topological polar surface area (TPSA) is 79.0 Å². The van der Waals surface area contributed by atoms with E-state index in [0.29, 0.717) is 24.3 Å². The lowest BCUT2D eigenvalue weighted by atomic mass is 10.2. The fraction of sp³-hybridized carbons (Fsp3) is 0.375. The van der Waals surface area contributed by atoms with Crippen LogP contribution in [0.3, 0.4) is 0 Å². The number of carbonyl (C=O) groups excluding carboxylic acids is 1. The monoisotopic (exact) mass is 300 g/mol. The van der Waals surface area contributed by atoms with Crippen molar-refractivity contribution in [1.82, 2.24) is 10.2 Å². The van der Waals surface area contributed by atoms with E-state index in [1.54, 1.807) is 7.11 Å². The highest BCUT2D eigenvalue weighted by Crippen LogP contribution is 2.46. The molecule has 1 aromatic carbocycles.